The molecule has 0 radical (unpaired) electrons. The number of hydrogen-bond acceptors (Lipinski definition) is 5. The molecule has 9 heteroatoms. The fourth-order valence-electron chi connectivity index (χ4n) is 4.06. The van der Waals surface area contributed by atoms with Crippen molar-refractivity contribution in [3.63, 3.8) is 0 Å². The average Bonchev–Trinajstić information content (AvgIpc) is 3.51. The van der Waals surface area contributed by atoms with Gasteiger partial charge in [0.2, 0.25) is 15.9 Å². The molecule has 0 spiro atoms. The van der Waals surface area contributed by atoms with Crippen LogP contribution >= 0.6 is 11.3 Å². The number of ether oxygens (including phenoxy) is 1. The summed E-state index contributed by atoms with van der Waals surface area (Å²) in [4.78, 5) is 17.5. The Hall–Kier alpha value is -2.59. The summed E-state index contributed by atoms with van der Waals surface area (Å²) >= 11 is 1.59. The van der Waals surface area contributed by atoms with Gasteiger partial charge in [-0.2, -0.15) is 4.31 Å². The van der Waals surface area contributed by atoms with Crippen LogP contribution in [0.15, 0.2) is 71.6 Å². The molecule has 1 atom stereocenters. The Labute approximate surface area is 210 Å². The van der Waals surface area contributed by atoms with Crippen molar-refractivity contribution in [2.24, 2.45) is 0 Å². The summed E-state index contributed by atoms with van der Waals surface area (Å²) in [6, 6.07) is 18.1. The maximum absolute atomic E-state index is 13.6. The Bertz CT molecular complexity index is 1220. The molecule has 2 heterocycles. The summed E-state index contributed by atoms with van der Waals surface area (Å²) in [5.41, 5.74) is 0.768. The molecule has 1 amide bonds. The Morgan fingerprint density at radius 2 is 1.80 bits per heavy atom. The number of amides is 1. The molecule has 0 aliphatic carbocycles. The minimum absolute atomic E-state index is 0.117. The number of carbonyl (C=O) groups excluding carboxylic acids is 1. The van der Waals surface area contributed by atoms with Gasteiger partial charge in [0.25, 0.3) is 0 Å². The van der Waals surface area contributed by atoms with Crippen molar-refractivity contribution in [2.45, 2.75) is 43.9 Å². The molecule has 3 aromatic rings. The van der Waals surface area contributed by atoms with Crippen LogP contribution in [0.2, 0.25) is 0 Å². The van der Waals surface area contributed by atoms with Crippen molar-refractivity contribution in [2.75, 3.05) is 19.7 Å². The largest absolute Gasteiger partial charge is 0.377 e. The van der Waals surface area contributed by atoms with Gasteiger partial charge in [0.15, 0.2) is 0 Å². The number of sulfonamides is 1. The predicted octanol–water partition coefficient (Wildman–Crippen LogP) is 4.59. The first-order valence-corrected chi connectivity index (χ1v) is 13.8. The van der Waals surface area contributed by atoms with E-state index in [1.165, 1.54) is 28.6 Å². The van der Waals surface area contributed by atoms with E-state index in [1.807, 2.05) is 19.1 Å². The van der Waals surface area contributed by atoms with Crippen LogP contribution < -0.4 is 0 Å². The summed E-state index contributed by atoms with van der Waals surface area (Å²) in [5.74, 6) is -0.671. The Balaban J connectivity index is 1.59. The van der Waals surface area contributed by atoms with Crippen LogP contribution in [0.5, 0.6) is 0 Å². The highest BCUT2D eigenvalue weighted by Gasteiger charge is 2.32. The highest BCUT2D eigenvalue weighted by atomic mass is 32.2. The number of benzene rings is 2. The number of nitrogens with zero attached hydrogens (tertiary/aromatic N) is 2. The van der Waals surface area contributed by atoms with Crippen molar-refractivity contribution in [1.82, 2.24) is 9.21 Å². The zero-order valence-electron chi connectivity index (χ0n) is 19.6. The van der Waals surface area contributed by atoms with Crippen molar-refractivity contribution in [3.05, 3.63) is 87.9 Å². The number of aryl methyl sites for hydroxylation is 1. The van der Waals surface area contributed by atoms with Crippen molar-refractivity contribution < 1.29 is 22.3 Å². The molecule has 1 aliphatic rings. The fourth-order valence-corrected chi connectivity index (χ4v) is 6.40. The molecule has 0 bridgehead atoms. The van der Waals surface area contributed by atoms with Gasteiger partial charge >= 0.3 is 0 Å². The molecule has 1 fully saturated rings. The Morgan fingerprint density at radius 3 is 2.43 bits per heavy atom. The lowest BCUT2D eigenvalue weighted by Crippen LogP contribution is -2.45. The van der Waals surface area contributed by atoms with Gasteiger partial charge in [-0.15, -0.1) is 11.3 Å². The molecular formula is C26H29FN2O4S2. The molecule has 0 N–H and O–H groups in total. The third-order valence-corrected chi connectivity index (χ3v) is 8.72. The van der Waals surface area contributed by atoms with Crippen LogP contribution in [-0.4, -0.2) is 49.3 Å². The standard InChI is InChI=1S/C26H29FN2O4S2/c1-20-9-14-24(34-20)18-28(16-21-10-12-22(27)13-11-21)26(30)19-29(17-23-6-5-15-33-23)35(31,32)25-7-3-2-4-8-25/h2-4,7-14,23H,5-6,15-19H2,1H3/t23-/m1/s1. The van der Waals surface area contributed by atoms with E-state index in [0.717, 1.165) is 28.2 Å². The summed E-state index contributed by atoms with van der Waals surface area (Å²) in [7, 11) is -3.91. The van der Waals surface area contributed by atoms with Crippen LogP contribution in [-0.2, 0) is 32.6 Å². The van der Waals surface area contributed by atoms with E-state index in [9.17, 15) is 17.6 Å². The van der Waals surface area contributed by atoms with Crippen molar-refractivity contribution >= 4 is 27.3 Å². The lowest BCUT2D eigenvalue weighted by atomic mass is 10.2. The normalized spacial score (nSPS) is 16.0. The number of rotatable bonds is 10. The Kier molecular flexibility index (Phi) is 8.33. The van der Waals surface area contributed by atoms with E-state index in [-0.39, 0.29) is 42.4 Å². The van der Waals surface area contributed by atoms with Crippen LogP contribution in [0.25, 0.3) is 0 Å². The van der Waals surface area contributed by atoms with Gasteiger partial charge in [-0.3, -0.25) is 4.79 Å². The van der Waals surface area contributed by atoms with Gasteiger partial charge in [0, 0.05) is 29.5 Å². The zero-order chi connectivity index (χ0) is 24.8. The van der Waals surface area contributed by atoms with E-state index >= 15 is 0 Å². The van der Waals surface area contributed by atoms with Gasteiger partial charge in [0.05, 0.1) is 24.1 Å². The summed E-state index contributed by atoms with van der Waals surface area (Å²) in [6.45, 7) is 2.99. The van der Waals surface area contributed by atoms with Gasteiger partial charge < -0.3 is 9.64 Å². The molecule has 0 unspecified atom stereocenters. The van der Waals surface area contributed by atoms with Gasteiger partial charge in [0.1, 0.15) is 5.82 Å². The number of thiophene rings is 1. The average molecular weight is 517 g/mol. The molecule has 1 saturated heterocycles. The van der Waals surface area contributed by atoms with Crippen molar-refractivity contribution in [3.8, 4) is 0 Å². The molecule has 6 nitrogen and oxygen atoms in total. The number of hydrogen-bond donors (Lipinski definition) is 0. The lowest BCUT2D eigenvalue weighted by molar-refractivity contribution is -0.132. The molecule has 4 rings (SSSR count). The highest BCUT2D eigenvalue weighted by Crippen LogP contribution is 2.22. The fraction of sp³-hybridized carbons (Fsp3) is 0.346. The smallest absolute Gasteiger partial charge is 0.243 e. The molecule has 35 heavy (non-hydrogen) atoms. The van der Waals surface area contributed by atoms with Crippen molar-refractivity contribution in [1.29, 1.82) is 0 Å². The second-order valence-electron chi connectivity index (χ2n) is 8.63. The minimum atomic E-state index is -3.91. The summed E-state index contributed by atoms with van der Waals surface area (Å²) < 4.78 is 47.3. The maximum Gasteiger partial charge on any atom is 0.243 e. The SMILES string of the molecule is Cc1ccc(CN(Cc2ccc(F)cc2)C(=O)CN(C[C@H]2CCCO2)S(=O)(=O)c2ccccc2)s1. The first kappa shape index (κ1) is 25.5. The number of carbonyl (C=O) groups is 1. The molecule has 1 aliphatic heterocycles. The quantitative estimate of drug-likeness (QED) is 0.395. The lowest BCUT2D eigenvalue weighted by Gasteiger charge is -2.28. The van der Waals surface area contributed by atoms with E-state index in [4.69, 9.17) is 4.74 Å². The van der Waals surface area contributed by atoms with Crippen LogP contribution in [0.1, 0.15) is 28.2 Å². The molecule has 2 aromatic carbocycles. The monoisotopic (exact) mass is 516 g/mol. The zero-order valence-corrected chi connectivity index (χ0v) is 21.2. The summed E-state index contributed by atoms with van der Waals surface area (Å²) in [6.07, 6.45) is 1.38. The predicted molar refractivity (Wildman–Crippen MR) is 134 cm³/mol. The van der Waals surface area contributed by atoms with E-state index < -0.39 is 10.0 Å². The second-order valence-corrected chi connectivity index (χ2v) is 11.9. The first-order chi connectivity index (χ1) is 16.8. The Morgan fingerprint density at radius 1 is 1.06 bits per heavy atom. The first-order valence-electron chi connectivity index (χ1n) is 11.6. The molecule has 0 saturated carbocycles. The van der Waals surface area contributed by atoms with E-state index in [1.54, 1.807) is 46.6 Å². The van der Waals surface area contributed by atoms with E-state index in [0.29, 0.717) is 13.2 Å². The van der Waals surface area contributed by atoms with Crippen LogP contribution in [0, 0.1) is 12.7 Å². The second kappa shape index (κ2) is 11.4. The van der Waals surface area contributed by atoms with Gasteiger partial charge in [-0.25, -0.2) is 12.8 Å². The molecule has 186 valence electrons. The van der Waals surface area contributed by atoms with Gasteiger partial charge in [-0.05, 0) is 61.7 Å². The summed E-state index contributed by atoms with van der Waals surface area (Å²) in [5, 5.41) is 0. The van der Waals surface area contributed by atoms with Crippen LogP contribution in [0.3, 0.4) is 0 Å². The minimum Gasteiger partial charge on any atom is -0.377 e. The van der Waals surface area contributed by atoms with E-state index in [2.05, 4.69) is 0 Å². The van der Waals surface area contributed by atoms with Crippen LogP contribution in [0.4, 0.5) is 4.39 Å². The third-order valence-electron chi connectivity index (χ3n) is 5.91. The topological polar surface area (TPSA) is 66.9 Å². The third kappa shape index (κ3) is 6.76. The maximum atomic E-state index is 13.6. The number of halogens is 1. The molecular weight excluding hydrogens is 487 g/mol. The van der Waals surface area contributed by atoms with Gasteiger partial charge in [-0.1, -0.05) is 30.3 Å². The molecule has 1 aromatic heterocycles. The highest BCUT2D eigenvalue weighted by molar-refractivity contribution is 7.89.